The van der Waals surface area contributed by atoms with Crippen molar-refractivity contribution in [3.63, 3.8) is 0 Å². The van der Waals surface area contributed by atoms with E-state index in [1.165, 1.54) is 0 Å². The van der Waals surface area contributed by atoms with Crippen LogP contribution in [-0.4, -0.2) is 47.9 Å². The third-order valence-electron chi connectivity index (χ3n) is 5.58. The van der Waals surface area contributed by atoms with Crippen LogP contribution in [0.2, 0.25) is 0 Å². The van der Waals surface area contributed by atoms with Crippen molar-refractivity contribution in [2.75, 3.05) is 6.61 Å². The highest BCUT2D eigenvalue weighted by molar-refractivity contribution is 5.89. The molecule has 0 aliphatic heterocycles. The quantitative estimate of drug-likeness (QED) is 0.501. The zero-order chi connectivity index (χ0) is 24.9. The van der Waals surface area contributed by atoms with E-state index in [0.717, 1.165) is 22.3 Å². The van der Waals surface area contributed by atoms with Crippen molar-refractivity contribution in [1.82, 2.24) is 10.6 Å². The largest absolute Gasteiger partial charge is 0.480 e. The average molecular weight is 478 g/mol. The molecule has 0 spiro atoms. The number of fused-ring (bicyclic) bond motifs is 3. The summed E-state index contributed by atoms with van der Waals surface area (Å²) in [5.74, 6) is -2.93. The molecule has 0 radical (unpaired) electrons. The van der Waals surface area contributed by atoms with E-state index in [1.807, 2.05) is 53.8 Å². The molecule has 0 aromatic heterocycles. The number of alkyl carbamates (subject to hydrolysis) is 1. The van der Waals surface area contributed by atoms with Gasteiger partial charge in [-0.2, -0.15) is 13.2 Å². The van der Waals surface area contributed by atoms with Crippen LogP contribution in [0.25, 0.3) is 11.1 Å². The maximum absolute atomic E-state index is 13.0. The number of halogens is 3. The normalized spacial score (nSPS) is 14.5. The third kappa shape index (κ3) is 6.06. The molecule has 34 heavy (non-hydrogen) atoms. The van der Waals surface area contributed by atoms with Crippen molar-refractivity contribution < 1.29 is 37.4 Å². The number of benzene rings is 2. The molecule has 3 N–H and O–H groups in total. The molecular formula is C24H25F3N2O5. The van der Waals surface area contributed by atoms with Crippen LogP contribution >= 0.6 is 0 Å². The van der Waals surface area contributed by atoms with Crippen molar-refractivity contribution in [2.45, 2.75) is 50.4 Å². The number of hydrogen-bond donors (Lipinski definition) is 3. The summed E-state index contributed by atoms with van der Waals surface area (Å²) >= 11 is 0. The molecule has 7 nitrogen and oxygen atoms in total. The van der Waals surface area contributed by atoms with Crippen molar-refractivity contribution in [3.8, 4) is 11.1 Å². The van der Waals surface area contributed by atoms with Crippen molar-refractivity contribution >= 4 is 18.0 Å². The Morgan fingerprint density at radius 3 is 2.03 bits per heavy atom. The van der Waals surface area contributed by atoms with E-state index in [4.69, 9.17) is 9.84 Å². The maximum atomic E-state index is 13.0. The minimum absolute atomic E-state index is 0.0325. The minimum atomic E-state index is -4.78. The monoisotopic (exact) mass is 478 g/mol. The van der Waals surface area contributed by atoms with E-state index in [2.05, 4.69) is 5.32 Å². The third-order valence-corrected chi connectivity index (χ3v) is 5.58. The predicted molar refractivity (Wildman–Crippen MR) is 117 cm³/mol. The summed E-state index contributed by atoms with van der Waals surface area (Å²) in [5, 5.41) is 13.2. The first kappa shape index (κ1) is 25.1. The highest BCUT2D eigenvalue weighted by Gasteiger charge is 2.38. The standard InChI is InChI=1S/C24H25F3N2O5/c1-2-7-19(22(31)32)28-21(30)20(12-24(25,26)27)29-23(33)34-13-18-16-10-5-3-8-14(16)15-9-4-6-11-17(15)18/h3-6,8-11,18-20H,2,7,12-13H2,1H3,(H,28,30)(H,29,33)(H,31,32)/t19-,20?/m0/s1. The molecule has 0 saturated heterocycles. The number of nitrogens with one attached hydrogen (secondary N) is 2. The fourth-order valence-corrected chi connectivity index (χ4v) is 4.04. The van der Waals surface area contributed by atoms with Gasteiger partial charge in [-0.25, -0.2) is 9.59 Å². The average Bonchev–Trinajstić information content (AvgIpc) is 3.09. The molecule has 0 fully saturated rings. The summed E-state index contributed by atoms with van der Waals surface area (Å²) in [5.41, 5.74) is 3.81. The number of alkyl halides is 3. The van der Waals surface area contributed by atoms with Crippen LogP contribution in [0.4, 0.5) is 18.0 Å². The molecule has 0 heterocycles. The van der Waals surface area contributed by atoms with Gasteiger partial charge in [-0.3, -0.25) is 4.79 Å². The molecule has 0 saturated carbocycles. The van der Waals surface area contributed by atoms with Crippen molar-refractivity contribution in [2.24, 2.45) is 0 Å². The van der Waals surface area contributed by atoms with Crippen LogP contribution in [-0.2, 0) is 14.3 Å². The summed E-state index contributed by atoms with van der Waals surface area (Å²) < 4.78 is 44.3. The molecule has 2 amide bonds. The molecule has 1 aliphatic carbocycles. The number of ether oxygens (including phenoxy) is 1. The topological polar surface area (TPSA) is 105 Å². The molecule has 1 unspecified atom stereocenters. The van der Waals surface area contributed by atoms with Gasteiger partial charge in [0.05, 0.1) is 6.42 Å². The lowest BCUT2D eigenvalue weighted by molar-refractivity contribution is -0.150. The Morgan fingerprint density at radius 1 is 0.971 bits per heavy atom. The Bertz CT molecular complexity index is 1010. The highest BCUT2D eigenvalue weighted by Crippen LogP contribution is 2.44. The van der Waals surface area contributed by atoms with E-state index in [0.29, 0.717) is 6.42 Å². The number of carboxylic acids is 1. The Kier molecular flexibility index (Phi) is 7.80. The lowest BCUT2D eigenvalue weighted by atomic mass is 9.98. The SMILES string of the molecule is CCC[C@H](NC(=O)C(CC(F)(F)F)NC(=O)OCC1c2ccccc2-c2ccccc21)C(=O)O. The first-order valence-electron chi connectivity index (χ1n) is 10.8. The van der Waals surface area contributed by atoms with Crippen LogP contribution in [0.5, 0.6) is 0 Å². The zero-order valence-corrected chi connectivity index (χ0v) is 18.4. The molecule has 1 aliphatic rings. The smallest absolute Gasteiger partial charge is 0.407 e. The van der Waals surface area contributed by atoms with Gasteiger partial charge in [-0.15, -0.1) is 0 Å². The number of hydrogen-bond acceptors (Lipinski definition) is 4. The molecule has 0 bridgehead atoms. The molecule has 2 aromatic carbocycles. The number of rotatable bonds is 9. The van der Waals surface area contributed by atoms with Crippen molar-refractivity contribution in [1.29, 1.82) is 0 Å². The van der Waals surface area contributed by atoms with Crippen LogP contribution < -0.4 is 10.6 Å². The number of amides is 2. The van der Waals surface area contributed by atoms with Crippen LogP contribution in [0.3, 0.4) is 0 Å². The van der Waals surface area contributed by atoms with Gasteiger partial charge in [0.1, 0.15) is 18.7 Å². The van der Waals surface area contributed by atoms with E-state index < -0.39 is 42.7 Å². The Hall–Kier alpha value is -3.56. The molecular weight excluding hydrogens is 453 g/mol. The molecule has 3 rings (SSSR count). The summed E-state index contributed by atoms with van der Waals surface area (Å²) in [4.78, 5) is 36.0. The van der Waals surface area contributed by atoms with E-state index >= 15 is 0 Å². The predicted octanol–water partition coefficient (Wildman–Crippen LogP) is 4.22. The second kappa shape index (κ2) is 10.6. The molecule has 2 aromatic rings. The van der Waals surface area contributed by atoms with Gasteiger partial charge >= 0.3 is 18.2 Å². The van der Waals surface area contributed by atoms with E-state index in [1.54, 1.807) is 6.92 Å². The van der Waals surface area contributed by atoms with Crippen LogP contribution in [0.1, 0.15) is 43.2 Å². The summed E-state index contributed by atoms with van der Waals surface area (Å²) in [6, 6.07) is 11.7. The zero-order valence-electron chi connectivity index (χ0n) is 18.4. The van der Waals surface area contributed by atoms with Crippen molar-refractivity contribution in [3.05, 3.63) is 59.7 Å². The fourth-order valence-electron chi connectivity index (χ4n) is 4.04. The maximum Gasteiger partial charge on any atom is 0.407 e. The van der Waals surface area contributed by atoms with Gasteiger partial charge in [0.15, 0.2) is 0 Å². The Labute approximate surface area is 194 Å². The van der Waals surface area contributed by atoms with Gasteiger partial charge in [-0.1, -0.05) is 61.9 Å². The number of aliphatic carboxylic acids is 1. The highest BCUT2D eigenvalue weighted by atomic mass is 19.4. The molecule has 2 atom stereocenters. The lowest BCUT2D eigenvalue weighted by Gasteiger charge is -2.22. The minimum Gasteiger partial charge on any atom is -0.480 e. The number of carbonyl (C=O) groups excluding carboxylic acids is 2. The second-order valence-corrected chi connectivity index (χ2v) is 8.03. The number of carboxylic acid groups (broad SMARTS) is 1. The van der Waals surface area contributed by atoms with Gasteiger partial charge < -0.3 is 20.5 Å². The van der Waals surface area contributed by atoms with Gasteiger partial charge in [0.25, 0.3) is 0 Å². The molecule has 182 valence electrons. The summed E-state index contributed by atoms with van der Waals surface area (Å²) in [7, 11) is 0. The second-order valence-electron chi connectivity index (χ2n) is 8.03. The number of carbonyl (C=O) groups is 3. The lowest BCUT2D eigenvalue weighted by Crippen LogP contribution is -2.53. The molecule has 10 heteroatoms. The Balaban J connectivity index is 1.69. The van der Waals surface area contributed by atoms with Crippen LogP contribution in [0, 0.1) is 0 Å². The van der Waals surface area contributed by atoms with E-state index in [-0.39, 0.29) is 18.9 Å². The van der Waals surface area contributed by atoms with Gasteiger partial charge in [0.2, 0.25) is 5.91 Å². The van der Waals surface area contributed by atoms with Gasteiger partial charge in [-0.05, 0) is 28.7 Å². The first-order chi connectivity index (χ1) is 16.1. The fraction of sp³-hybridized carbons (Fsp3) is 0.375. The summed E-state index contributed by atoms with van der Waals surface area (Å²) in [6.07, 6.45) is -7.22. The summed E-state index contributed by atoms with van der Waals surface area (Å²) in [6.45, 7) is 1.53. The first-order valence-corrected chi connectivity index (χ1v) is 10.8. The van der Waals surface area contributed by atoms with Gasteiger partial charge in [0, 0.05) is 5.92 Å². The van der Waals surface area contributed by atoms with Crippen LogP contribution in [0.15, 0.2) is 48.5 Å². The van der Waals surface area contributed by atoms with E-state index in [9.17, 15) is 27.6 Å². The Morgan fingerprint density at radius 2 is 1.53 bits per heavy atom.